The van der Waals surface area contributed by atoms with Gasteiger partial charge in [0.05, 0.1) is 6.61 Å². The Bertz CT molecular complexity index is 426. The SMILES string of the molecule is CC(C)(C)OC(=O)N(CCO)CCc1ccc(F)cc1. The van der Waals surface area contributed by atoms with E-state index in [9.17, 15) is 9.18 Å². The minimum atomic E-state index is -0.569. The van der Waals surface area contributed by atoms with Crippen molar-refractivity contribution < 1.29 is 19.0 Å². The molecule has 0 saturated carbocycles. The van der Waals surface area contributed by atoms with Crippen LogP contribution in [0.5, 0.6) is 0 Å². The molecule has 0 fully saturated rings. The number of nitrogens with zero attached hydrogens (tertiary/aromatic N) is 1. The molecular weight excluding hydrogens is 261 g/mol. The van der Waals surface area contributed by atoms with Crippen molar-refractivity contribution in [2.24, 2.45) is 0 Å². The monoisotopic (exact) mass is 283 g/mol. The second-order valence-corrected chi connectivity index (χ2v) is 5.57. The first kappa shape index (κ1) is 16.4. The zero-order valence-electron chi connectivity index (χ0n) is 12.2. The fraction of sp³-hybridized carbons (Fsp3) is 0.533. The summed E-state index contributed by atoms with van der Waals surface area (Å²) in [7, 11) is 0. The Morgan fingerprint density at radius 3 is 2.35 bits per heavy atom. The van der Waals surface area contributed by atoms with Crippen LogP contribution in [0, 0.1) is 5.82 Å². The largest absolute Gasteiger partial charge is 0.444 e. The molecule has 0 aromatic heterocycles. The van der Waals surface area contributed by atoms with Crippen LogP contribution in [-0.2, 0) is 11.2 Å². The minimum absolute atomic E-state index is 0.122. The summed E-state index contributed by atoms with van der Waals surface area (Å²) < 4.78 is 18.1. The zero-order chi connectivity index (χ0) is 15.2. The van der Waals surface area contributed by atoms with Gasteiger partial charge in [0.2, 0.25) is 0 Å². The lowest BCUT2D eigenvalue weighted by molar-refractivity contribution is 0.0221. The van der Waals surface area contributed by atoms with Crippen molar-refractivity contribution in [3.63, 3.8) is 0 Å². The summed E-state index contributed by atoms with van der Waals surface area (Å²) in [6.45, 7) is 5.89. The van der Waals surface area contributed by atoms with Gasteiger partial charge < -0.3 is 14.7 Å². The molecule has 1 N–H and O–H groups in total. The molecule has 4 nitrogen and oxygen atoms in total. The standard InChI is InChI=1S/C15H22FNO3/c1-15(2,3)20-14(19)17(10-11-18)9-8-12-4-6-13(16)7-5-12/h4-7,18H,8-11H2,1-3H3. The fourth-order valence-corrected chi connectivity index (χ4v) is 1.66. The van der Waals surface area contributed by atoms with Crippen molar-refractivity contribution in [2.45, 2.75) is 32.8 Å². The Morgan fingerprint density at radius 1 is 1.25 bits per heavy atom. The van der Waals surface area contributed by atoms with Gasteiger partial charge in [0, 0.05) is 13.1 Å². The summed E-state index contributed by atoms with van der Waals surface area (Å²) in [5.41, 5.74) is 0.360. The van der Waals surface area contributed by atoms with Gasteiger partial charge in [-0.2, -0.15) is 0 Å². The van der Waals surface area contributed by atoms with E-state index >= 15 is 0 Å². The van der Waals surface area contributed by atoms with Crippen LogP contribution in [0.2, 0.25) is 0 Å². The lowest BCUT2D eigenvalue weighted by Gasteiger charge is -2.27. The molecule has 0 radical (unpaired) electrons. The van der Waals surface area contributed by atoms with Crippen LogP contribution < -0.4 is 0 Å². The molecule has 5 heteroatoms. The van der Waals surface area contributed by atoms with Gasteiger partial charge in [-0.1, -0.05) is 12.1 Å². The Balaban J connectivity index is 2.58. The molecule has 0 aliphatic rings. The summed E-state index contributed by atoms with van der Waals surface area (Å²) in [6.07, 6.45) is 0.133. The van der Waals surface area contributed by atoms with Crippen molar-refractivity contribution in [1.29, 1.82) is 0 Å². The maximum Gasteiger partial charge on any atom is 0.410 e. The number of carbonyl (C=O) groups excluding carboxylic acids is 1. The topological polar surface area (TPSA) is 49.8 Å². The molecular formula is C15H22FNO3. The first-order valence-corrected chi connectivity index (χ1v) is 6.65. The van der Waals surface area contributed by atoms with Crippen molar-refractivity contribution in [1.82, 2.24) is 4.90 Å². The third kappa shape index (κ3) is 6.02. The van der Waals surface area contributed by atoms with Crippen LogP contribution in [0.25, 0.3) is 0 Å². The highest BCUT2D eigenvalue weighted by Gasteiger charge is 2.21. The molecule has 0 atom stereocenters. The Morgan fingerprint density at radius 2 is 1.85 bits per heavy atom. The average molecular weight is 283 g/mol. The smallest absolute Gasteiger partial charge is 0.410 e. The predicted octanol–water partition coefficient (Wildman–Crippen LogP) is 2.60. The molecule has 0 unspecified atom stereocenters. The van der Waals surface area contributed by atoms with Crippen LogP contribution in [0.15, 0.2) is 24.3 Å². The number of aliphatic hydroxyl groups excluding tert-OH is 1. The average Bonchev–Trinajstić information content (AvgIpc) is 2.34. The van der Waals surface area contributed by atoms with E-state index in [1.54, 1.807) is 32.9 Å². The first-order chi connectivity index (χ1) is 9.31. The summed E-state index contributed by atoms with van der Waals surface area (Å²) in [5, 5.41) is 9.02. The fourth-order valence-electron chi connectivity index (χ4n) is 1.66. The number of benzene rings is 1. The van der Waals surface area contributed by atoms with Crippen molar-refractivity contribution in [3.05, 3.63) is 35.6 Å². The first-order valence-electron chi connectivity index (χ1n) is 6.65. The molecule has 1 aromatic rings. The molecule has 0 heterocycles. The van der Waals surface area contributed by atoms with E-state index in [1.165, 1.54) is 17.0 Å². The molecule has 0 saturated heterocycles. The lowest BCUT2D eigenvalue weighted by atomic mass is 10.1. The second kappa shape index (κ2) is 7.24. The van der Waals surface area contributed by atoms with E-state index in [4.69, 9.17) is 9.84 Å². The Hall–Kier alpha value is -1.62. The minimum Gasteiger partial charge on any atom is -0.444 e. The van der Waals surface area contributed by atoms with Gasteiger partial charge in [-0.15, -0.1) is 0 Å². The highest BCUT2D eigenvalue weighted by atomic mass is 19.1. The van der Waals surface area contributed by atoms with Gasteiger partial charge in [-0.3, -0.25) is 0 Å². The van der Waals surface area contributed by atoms with E-state index in [0.717, 1.165) is 5.56 Å². The van der Waals surface area contributed by atoms with E-state index in [-0.39, 0.29) is 19.0 Å². The molecule has 0 bridgehead atoms. The molecule has 112 valence electrons. The van der Waals surface area contributed by atoms with Gasteiger partial charge in [-0.05, 0) is 44.9 Å². The number of rotatable bonds is 5. The number of aliphatic hydroxyl groups is 1. The van der Waals surface area contributed by atoms with Gasteiger partial charge in [0.1, 0.15) is 11.4 Å². The van der Waals surface area contributed by atoms with Crippen molar-refractivity contribution in [3.8, 4) is 0 Å². The molecule has 0 aliphatic carbocycles. The van der Waals surface area contributed by atoms with Gasteiger partial charge in [0.15, 0.2) is 0 Å². The summed E-state index contributed by atoms with van der Waals surface area (Å²) in [4.78, 5) is 13.4. The molecule has 20 heavy (non-hydrogen) atoms. The molecule has 0 spiro atoms. The predicted molar refractivity (Wildman–Crippen MR) is 75.0 cm³/mol. The third-order valence-corrected chi connectivity index (χ3v) is 2.61. The van der Waals surface area contributed by atoms with E-state index in [1.807, 2.05) is 0 Å². The lowest BCUT2D eigenvalue weighted by Crippen LogP contribution is -2.39. The van der Waals surface area contributed by atoms with E-state index in [2.05, 4.69) is 0 Å². The number of carbonyl (C=O) groups is 1. The van der Waals surface area contributed by atoms with E-state index < -0.39 is 11.7 Å². The molecule has 1 aromatic carbocycles. The normalized spacial score (nSPS) is 11.2. The van der Waals surface area contributed by atoms with Crippen LogP contribution in [0.1, 0.15) is 26.3 Å². The van der Waals surface area contributed by atoms with Crippen LogP contribution in [0.4, 0.5) is 9.18 Å². The number of ether oxygens (including phenoxy) is 1. The van der Waals surface area contributed by atoms with E-state index in [0.29, 0.717) is 13.0 Å². The Kier molecular flexibility index (Phi) is 5.95. The number of hydrogen-bond donors (Lipinski definition) is 1. The Labute approximate surface area is 119 Å². The number of hydrogen-bond acceptors (Lipinski definition) is 3. The highest BCUT2D eigenvalue weighted by Crippen LogP contribution is 2.11. The van der Waals surface area contributed by atoms with Crippen molar-refractivity contribution in [2.75, 3.05) is 19.7 Å². The zero-order valence-corrected chi connectivity index (χ0v) is 12.2. The number of amides is 1. The van der Waals surface area contributed by atoms with Gasteiger partial charge in [0.25, 0.3) is 0 Å². The number of halogens is 1. The summed E-state index contributed by atoms with van der Waals surface area (Å²) in [5.74, 6) is -0.284. The molecule has 1 rings (SSSR count). The van der Waals surface area contributed by atoms with Gasteiger partial charge in [-0.25, -0.2) is 9.18 Å². The molecule has 0 aliphatic heterocycles. The van der Waals surface area contributed by atoms with Crippen LogP contribution in [-0.4, -0.2) is 41.4 Å². The molecule has 1 amide bonds. The second-order valence-electron chi connectivity index (χ2n) is 5.57. The maximum atomic E-state index is 12.8. The quantitative estimate of drug-likeness (QED) is 0.903. The van der Waals surface area contributed by atoms with Crippen LogP contribution in [0.3, 0.4) is 0 Å². The van der Waals surface area contributed by atoms with Gasteiger partial charge >= 0.3 is 6.09 Å². The third-order valence-electron chi connectivity index (χ3n) is 2.61. The highest BCUT2D eigenvalue weighted by molar-refractivity contribution is 5.68. The van der Waals surface area contributed by atoms with Crippen LogP contribution >= 0.6 is 0 Å². The summed E-state index contributed by atoms with van der Waals surface area (Å²) in [6, 6.07) is 6.14. The maximum absolute atomic E-state index is 12.8. The summed E-state index contributed by atoms with van der Waals surface area (Å²) >= 11 is 0. The van der Waals surface area contributed by atoms with Crippen molar-refractivity contribution >= 4 is 6.09 Å².